The highest BCUT2D eigenvalue weighted by Crippen LogP contribution is 2.29. The Morgan fingerprint density at radius 2 is 2.20 bits per heavy atom. The van der Waals surface area contributed by atoms with E-state index in [2.05, 4.69) is 5.16 Å². The molecule has 0 aromatic heterocycles. The predicted octanol–water partition coefficient (Wildman–Crippen LogP) is 1.44. The minimum absolute atomic E-state index is 0.0734. The molecule has 0 unspecified atom stereocenters. The van der Waals surface area contributed by atoms with Crippen molar-refractivity contribution >= 4 is 11.7 Å². The number of aromatic hydroxyl groups is 1. The number of amides is 1. The Labute approximate surface area is 117 Å². The van der Waals surface area contributed by atoms with E-state index in [0.717, 1.165) is 18.4 Å². The van der Waals surface area contributed by atoms with Gasteiger partial charge < -0.3 is 20.9 Å². The lowest BCUT2D eigenvalue weighted by Gasteiger charge is -2.23. The van der Waals surface area contributed by atoms with Crippen molar-refractivity contribution in [2.45, 2.75) is 32.2 Å². The molecule has 1 aliphatic carbocycles. The van der Waals surface area contributed by atoms with Gasteiger partial charge in [0.25, 0.3) is 5.91 Å². The Balaban J connectivity index is 2.14. The van der Waals surface area contributed by atoms with Crippen molar-refractivity contribution in [2.24, 2.45) is 10.9 Å². The first-order chi connectivity index (χ1) is 9.52. The molecule has 4 N–H and O–H groups in total. The number of hydrogen-bond acceptors (Lipinski definition) is 4. The molecule has 0 radical (unpaired) electrons. The van der Waals surface area contributed by atoms with E-state index in [0.29, 0.717) is 18.5 Å². The van der Waals surface area contributed by atoms with Crippen molar-refractivity contribution < 1.29 is 15.1 Å². The molecule has 6 nitrogen and oxygen atoms in total. The van der Waals surface area contributed by atoms with Crippen LogP contribution in [0.5, 0.6) is 5.75 Å². The fourth-order valence-electron chi connectivity index (χ4n) is 2.16. The molecule has 108 valence electrons. The van der Waals surface area contributed by atoms with Gasteiger partial charge in [0.2, 0.25) is 0 Å². The summed E-state index contributed by atoms with van der Waals surface area (Å²) < 4.78 is 0. The van der Waals surface area contributed by atoms with E-state index in [1.165, 1.54) is 6.07 Å². The number of carbonyl (C=O) groups excluding carboxylic acids is 1. The van der Waals surface area contributed by atoms with Crippen LogP contribution < -0.4 is 5.73 Å². The van der Waals surface area contributed by atoms with Crippen LogP contribution in [-0.4, -0.2) is 39.5 Å². The minimum Gasteiger partial charge on any atom is -0.508 e. The maximum Gasteiger partial charge on any atom is 0.254 e. The maximum atomic E-state index is 12.6. The molecule has 0 bridgehead atoms. The van der Waals surface area contributed by atoms with Gasteiger partial charge in [0.1, 0.15) is 11.6 Å². The summed E-state index contributed by atoms with van der Waals surface area (Å²) in [4.78, 5) is 14.3. The molecule has 2 rings (SSSR count). The molecule has 0 saturated heterocycles. The monoisotopic (exact) mass is 277 g/mol. The van der Waals surface area contributed by atoms with E-state index >= 15 is 0 Å². The van der Waals surface area contributed by atoms with Crippen LogP contribution in [0.1, 0.15) is 35.2 Å². The third-order valence-electron chi connectivity index (χ3n) is 3.43. The maximum absolute atomic E-state index is 12.6. The first kappa shape index (κ1) is 14.2. The summed E-state index contributed by atoms with van der Waals surface area (Å²) >= 11 is 0. The van der Waals surface area contributed by atoms with Crippen molar-refractivity contribution in [3.8, 4) is 5.75 Å². The molecule has 1 fully saturated rings. The molecule has 0 aliphatic heterocycles. The standard InChI is InChI=1S/C14H19N3O3/c1-9-8-11(18)4-5-12(9)14(19)17(10-2-3-10)7-6-13(15)16-20/h4-5,8,10,18,20H,2-3,6-7H2,1H3,(H2,15,16). The number of aryl methyl sites for hydroxylation is 1. The lowest BCUT2D eigenvalue weighted by atomic mass is 10.1. The van der Waals surface area contributed by atoms with Crippen LogP contribution >= 0.6 is 0 Å². The second-order valence-electron chi connectivity index (χ2n) is 5.07. The molecular weight excluding hydrogens is 258 g/mol. The largest absolute Gasteiger partial charge is 0.508 e. The molecule has 0 spiro atoms. The smallest absolute Gasteiger partial charge is 0.254 e. The number of amidine groups is 1. The second kappa shape index (κ2) is 5.81. The topological polar surface area (TPSA) is 99.2 Å². The Morgan fingerprint density at radius 1 is 1.50 bits per heavy atom. The number of phenolic OH excluding ortho intramolecular Hbond substituents is 1. The Bertz CT molecular complexity index is 538. The van der Waals surface area contributed by atoms with E-state index in [-0.39, 0.29) is 23.5 Å². The number of carbonyl (C=O) groups is 1. The summed E-state index contributed by atoms with van der Waals surface area (Å²) in [6.07, 6.45) is 2.31. The SMILES string of the molecule is Cc1cc(O)ccc1C(=O)N(CC/C(N)=N/O)C1CC1. The average Bonchev–Trinajstić information content (AvgIpc) is 3.23. The van der Waals surface area contributed by atoms with Crippen LogP contribution in [0.15, 0.2) is 23.4 Å². The lowest BCUT2D eigenvalue weighted by molar-refractivity contribution is 0.0746. The molecule has 20 heavy (non-hydrogen) atoms. The zero-order valence-corrected chi connectivity index (χ0v) is 11.4. The quantitative estimate of drug-likeness (QED) is 0.328. The fraction of sp³-hybridized carbons (Fsp3) is 0.429. The summed E-state index contributed by atoms with van der Waals surface area (Å²) in [6, 6.07) is 4.95. The van der Waals surface area contributed by atoms with Crippen molar-refractivity contribution in [3.05, 3.63) is 29.3 Å². The average molecular weight is 277 g/mol. The minimum atomic E-state index is -0.0734. The van der Waals surface area contributed by atoms with Gasteiger partial charge in [0.15, 0.2) is 0 Å². The van der Waals surface area contributed by atoms with Crippen LogP contribution in [0.4, 0.5) is 0 Å². The van der Waals surface area contributed by atoms with Crippen molar-refractivity contribution in [1.82, 2.24) is 4.90 Å². The molecule has 6 heteroatoms. The highest BCUT2D eigenvalue weighted by molar-refractivity contribution is 5.96. The highest BCUT2D eigenvalue weighted by atomic mass is 16.4. The van der Waals surface area contributed by atoms with Gasteiger partial charge in [0.05, 0.1) is 0 Å². The van der Waals surface area contributed by atoms with E-state index in [1.807, 2.05) is 0 Å². The highest BCUT2D eigenvalue weighted by Gasteiger charge is 2.33. The third-order valence-corrected chi connectivity index (χ3v) is 3.43. The zero-order chi connectivity index (χ0) is 14.7. The van der Waals surface area contributed by atoms with Gasteiger partial charge in [-0.05, 0) is 43.5 Å². The number of phenols is 1. The summed E-state index contributed by atoms with van der Waals surface area (Å²) in [5.41, 5.74) is 6.78. The van der Waals surface area contributed by atoms with E-state index in [4.69, 9.17) is 10.9 Å². The van der Waals surface area contributed by atoms with Crippen LogP contribution in [0, 0.1) is 6.92 Å². The molecule has 1 aromatic rings. The summed E-state index contributed by atoms with van der Waals surface area (Å²) in [7, 11) is 0. The van der Waals surface area contributed by atoms with E-state index < -0.39 is 0 Å². The van der Waals surface area contributed by atoms with Crippen LogP contribution in [0.25, 0.3) is 0 Å². The fourth-order valence-corrected chi connectivity index (χ4v) is 2.16. The molecule has 0 heterocycles. The van der Waals surface area contributed by atoms with Gasteiger partial charge in [-0.25, -0.2) is 0 Å². The first-order valence-electron chi connectivity index (χ1n) is 6.60. The number of benzene rings is 1. The summed E-state index contributed by atoms with van der Waals surface area (Å²) in [5.74, 6) is 0.190. The number of nitrogens with two attached hydrogens (primary N) is 1. The van der Waals surface area contributed by atoms with Crippen molar-refractivity contribution in [3.63, 3.8) is 0 Å². The first-order valence-corrected chi connectivity index (χ1v) is 6.60. The third kappa shape index (κ3) is 3.20. The Morgan fingerprint density at radius 3 is 2.75 bits per heavy atom. The van der Waals surface area contributed by atoms with Gasteiger partial charge in [-0.15, -0.1) is 0 Å². The number of oxime groups is 1. The molecule has 1 saturated carbocycles. The van der Waals surface area contributed by atoms with Crippen LogP contribution in [0.3, 0.4) is 0 Å². The second-order valence-corrected chi connectivity index (χ2v) is 5.07. The molecular formula is C14H19N3O3. The normalized spacial score (nSPS) is 15.2. The zero-order valence-electron chi connectivity index (χ0n) is 11.4. The van der Waals surface area contributed by atoms with E-state index in [1.54, 1.807) is 24.0 Å². The van der Waals surface area contributed by atoms with Gasteiger partial charge >= 0.3 is 0 Å². The van der Waals surface area contributed by atoms with Gasteiger partial charge in [-0.1, -0.05) is 5.16 Å². The molecule has 0 atom stereocenters. The summed E-state index contributed by atoms with van der Waals surface area (Å²) in [5, 5.41) is 20.9. The lowest BCUT2D eigenvalue weighted by Crippen LogP contribution is -2.36. The Kier molecular flexibility index (Phi) is 4.12. The van der Waals surface area contributed by atoms with Gasteiger partial charge in [0, 0.05) is 24.6 Å². The van der Waals surface area contributed by atoms with Crippen molar-refractivity contribution in [1.29, 1.82) is 0 Å². The van der Waals surface area contributed by atoms with Crippen LogP contribution in [-0.2, 0) is 0 Å². The van der Waals surface area contributed by atoms with Crippen molar-refractivity contribution in [2.75, 3.05) is 6.54 Å². The van der Waals surface area contributed by atoms with Gasteiger partial charge in [-0.2, -0.15) is 0 Å². The van der Waals surface area contributed by atoms with E-state index in [9.17, 15) is 9.90 Å². The number of hydrogen-bond donors (Lipinski definition) is 3. The number of nitrogens with zero attached hydrogens (tertiary/aromatic N) is 2. The number of rotatable bonds is 5. The van der Waals surface area contributed by atoms with Gasteiger partial charge in [-0.3, -0.25) is 4.79 Å². The molecule has 1 amide bonds. The molecule has 1 aromatic carbocycles. The molecule has 1 aliphatic rings. The summed E-state index contributed by atoms with van der Waals surface area (Å²) in [6.45, 7) is 2.22. The Hall–Kier alpha value is -2.24. The van der Waals surface area contributed by atoms with Crippen LogP contribution in [0.2, 0.25) is 0 Å². The predicted molar refractivity (Wildman–Crippen MR) is 74.9 cm³/mol.